The maximum Gasteiger partial charge on any atom is 0.573 e. The molecule has 1 aliphatic heterocycles. The minimum absolute atomic E-state index is 0.228. The summed E-state index contributed by atoms with van der Waals surface area (Å²) in [6, 6.07) is 4.73. The topological polar surface area (TPSA) is 67.4 Å². The van der Waals surface area contributed by atoms with Crippen molar-refractivity contribution in [3.05, 3.63) is 29.8 Å². The second kappa shape index (κ2) is 3.87. The average molecular weight is 286 g/mol. The zero-order chi connectivity index (χ0) is 14.5. The lowest BCUT2D eigenvalue weighted by Crippen LogP contribution is -2.33. The molecule has 0 radical (unpaired) electrons. The first kappa shape index (κ1) is 12.8. The molecule has 3 rings (SSSR count). The van der Waals surface area contributed by atoms with E-state index in [1.807, 2.05) is 0 Å². The van der Waals surface area contributed by atoms with Gasteiger partial charge in [-0.15, -0.1) is 13.2 Å². The maximum absolute atomic E-state index is 12.0. The summed E-state index contributed by atoms with van der Waals surface area (Å²) in [5.74, 6) is -0.951. The standard InChI is InChI=1S/C12H9F3N2O3/c13-12(14,15)20-7-3-1-6(2-4-7)8-5-11(8)9(18)16-10(19)17-11/h1-4,8H,5H2,(H2,16,17,18,19). The van der Waals surface area contributed by atoms with Gasteiger partial charge in [0.15, 0.2) is 0 Å². The number of carbonyl (C=O) groups excluding carboxylic acids is 2. The van der Waals surface area contributed by atoms with Gasteiger partial charge in [-0.3, -0.25) is 10.1 Å². The summed E-state index contributed by atoms with van der Waals surface area (Å²) in [5, 5.41) is 4.69. The molecule has 8 heteroatoms. The molecule has 5 nitrogen and oxygen atoms in total. The number of hydrogen-bond donors (Lipinski definition) is 2. The summed E-state index contributed by atoms with van der Waals surface area (Å²) in [6.07, 6.45) is -4.30. The Morgan fingerprint density at radius 1 is 1.20 bits per heavy atom. The molecular formula is C12H9F3N2O3. The van der Waals surface area contributed by atoms with E-state index in [4.69, 9.17) is 0 Å². The van der Waals surface area contributed by atoms with Crippen molar-refractivity contribution in [1.29, 1.82) is 0 Å². The SMILES string of the molecule is O=C1NC(=O)C2(CC2c2ccc(OC(F)(F)F)cc2)N1. The minimum atomic E-state index is -4.73. The molecule has 106 valence electrons. The van der Waals surface area contributed by atoms with Crippen LogP contribution in [0.1, 0.15) is 17.9 Å². The second-order valence-electron chi connectivity index (χ2n) is 4.75. The number of rotatable bonds is 2. The molecule has 1 heterocycles. The summed E-state index contributed by atoms with van der Waals surface area (Å²) >= 11 is 0. The monoisotopic (exact) mass is 286 g/mol. The number of amides is 3. The van der Waals surface area contributed by atoms with Crippen molar-refractivity contribution >= 4 is 11.9 Å². The molecule has 2 fully saturated rings. The van der Waals surface area contributed by atoms with Crippen molar-refractivity contribution < 1.29 is 27.5 Å². The number of nitrogens with one attached hydrogen (secondary N) is 2. The fourth-order valence-electron chi connectivity index (χ4n) is 2.46. The van der Waals surface area contributed by atoms with Crippen LogP contribution in [0.2, 0.25) is 0 Å². The second-order valence-corrected chi connectivity index (χ2v) is 4.75. The highest BCUT2D eigenvalue weighted by molar-refractivity contribution is 6.10. The first-order chi connectivity index (χ1) is 9.30. The van der Waals surface area contributed by atoms with E-state index in [-0.39, 0.29) is 11.7 Å². The molecule has 2 unspecified atom stereocenters. The number of ether oxygens (including phenoxy) is 1. The zero-order valence-corrected chi connectivity index (χ0v) is 9.95. The Morgan fingerprint density at radius 2 is 1.85 bits per heavy atom. The summed E-state index contributed by atoms with van der Waals surface area (Å²) in [7, 11) is 0. The number of carbonyl (C=O) groups is 2. The molecule has 0 aromatic heterocycles. The summed E-state index contributed by atoms with van der Waals surface area (Å²) in [6.45, 7) is 0. The molecule has 1 spiro atoms. The Bertz CT molecular complexity index is 585. The third-order valence-corrected chi connectivity index (χ3v) is 3.45. The van der Waals surface area contributed by atoms with Gasteiger partial charge in [0.1, 0.15) is 11.3 Å². The van der Waals surface area contributed by atoms with Crippen molar-refractivity contribution in [1.82, 2.24) is 10.6 Å². The quantitative estimate of drug-likeness (QED) is 0.812. The van der Waals surface area contributed by atoms with Gasteiger partial charge in [-0.05, 0) is 24.1 Å². The highest BCUT2D eigenvalue weighted by atomic mass is 19.4. The molecule has 3 amide bonds. The fraction of sp³-hybridized carbons (Fsp3) is 0.333. The number of hydrogen-bond acceptors (Lipinski definition) is 3. The number of urea groups is 1. The van der Waals surface area contributed by atoms with Crippen LogP contribution in [0.15, 0.2) is 24.3 Å². The molecule has 1 aromatic rings. The molecule has 2 aliphatic rings. The summed E-state index contributed by atoms with van der Waals surface area (Å²) < 4.78 is 39.8. The first-order valence-electron chi connectivity index (χ1n) is 5.79. The number of halogens is 3. The van der Waals surface area contributed by atoms with Gasteiger partial charge in [0, 0.05) is 5.92 Å². The van der Waals surface area contributed by atoms with Gasteiger partial charge in [0.2, 0.25) is 0 Å². The third-order valence-electron chi connectivity index (χ3n) is 3.45. The normalized spacial score (nSPS) is 28.2. The highest BCUT2D eigenvalue weighted by Gasteiger charge is 2.65. The maximum atomic E-state index is 12.0. The van der Waals surface area contributed by atoms with Crippen molar-refractivity contribution in [2.24, 2.45) is 0 Å². The van der Waals surface area contributed by atoms with Gasteiger partial charge in [0.05, 0.1) is 0 Å². The van der Waals surface area contributed by atoms with Gasteiger partial charge in [-0.2, -0.15) is 0 Å². The highest BCUT2D eigenvalue weighted by Crippen LogP contribution is 2.53. The molecule has 1 saturated heterocycles. The Labute approximate surface area is 111 Å². The zero-order valence-electron chi connectivity index (χ0n) is 9.95. The van der Waals surface area contributed by atoms with E-state index >= 15 is 0 Å². The van der Waals surface area contributed by atoms with Crippen LogP contribution in [-0.2, 0) is 4.79 Å². The Hall–Kier alpha value is -2.25. The third kappa shape index (κ3) is 2.06. The predicted molar refractivity (Wildman–Crippen MR) is 59.9 cm³/mol. The molecule has 1 aromatic carbocycles. The molecule has 0 bridgehead atoms. The van der Waals surface area contributed by atoms with E-state index in [2.05, 4.69) is 15.4 Å². The molecule has 20 heavy (non-hydrogen) atoms. The van der Waals surface area contributed by atoms with Gasteiger partial charge in [-0.25, -0.2) is 4.79 Å². The van der Waals surface area contributed by atoms with Crippen molar-refractivity contribution in [2.75, 3.05) is 0 Å². The van der Waals surface area contributed by atoms with E-state index in [1.54, 1.807) is 0 Å². The number of alkyl halides is 3. The number of benzene rings is 1. The Kier molecular flexibility index (Phi) is 2.47. The fourth-order valence-corrected chi connectivity index (χ4v) is 2.46. The average Bonchev–Trinajstić information content (AvgIpc) is 2.95. The summed E-state index contributed by atoms with van der Waals surface area (Å²) in [4.78, 5) is 22.7. The summed E-state index contributed by atoms with van der Waals surface area (Å²) in [5.41, 5.74) is -0.263. The van der Waals surface area contributed by atoms with Crippen molar-refractivity contribution in [3.63, 3.8) is 0 Å². The van der Waals surface area contributed by atoms with Crippen LogP contribution in [0.5, 0.6) is 5.75 Å². The van der Waals surface area contributed by atoms with Crippen LogP contribution >= 0.6 is 0 Å². The van der Waals surface area contributed by atoms with Gasteiger partial charge in [0.25, 0.3) is 5.91 Å². The molecule has 2 N–H and O–H groups in total. The Balaban J connectivity index is 1.74. The lowest BCUT2D eigenvalue weighted by molar-refractivity contribution is -0.274. The lowest BCUT2D eigenvalue weighted by Gasteiger charge is -2.10. The molecule has 1 saturated carbocycles. The molecular weight excluding hydrogens is 277 g/mol. The first-order valence-corrected chi connectivity index (χ1v) is 5.79. The van der Waals surface area contributed by atoms with Crippen molar-refractivity contribution in [2.45, 2.75) is 24.2 Å². The largest absolute Gasteiger partial charge is 0.573 e. The van der Waals surface area contributed by atoms with E-state index < -0.39 is 23.8 Å². The van der Waals surface area contributed by atoms with Crippen molar-refractivity contribution in [3.8, 4) is 5.75 Å². The van der Waals surface area contributed by atoms with E-state index in [0.717, 1.165) is 0 Å². The van der Waals surface area contributed by atoms with Gasteiger partial charge < -0.3 is 10.1 Å². The predicted octanol–water partition coefficient (Wildman–Crippen LogP) is 1.65. The van der Waals surface area contributed by atoms with E-state index in [1.165, 1.54) is 24.3 Å². The van der Waals surface area contributed by atoms with E-state index in [0.29, 0.717) is 12.0 Å². The van der Waals surface area contributed by atoms with Crippen LogP contribution in [-0.4, -0.2) is 23.8 Å². The van der Waals surface area contributed by atoms with Crippen LogP contribution in [0.3, 0.4) is 0 Å². The van der Waals surface area contributed by atoms with Crippen LogP contribution < -0.4 is 15.4 Å². The van der Waals surface area contributed by atoms with Crippen LogP contribution in [0, 0.1) is 0 Å². The minimum Gasteiger partial charge on any atom is -0.406 e. The number of imide groups is 1. The van der Waals surface area contributed by atoms with Gasteiger partial charge in [-0.1, -0.05) is 12.1 Å². The lowest BCUT2D eigenvalue weighted by atomic mass is 10.1. The van der Waals surface area contributed by atoms with Gasteiger partial charge >= 0.3 is 12.4 Å². The molecule has 2 atom stereocenters. The Morgan fingerprint density at radius 3 is 2.35 bits per heavy atom. The van der Waals surface area contributed by atoms with Crippen LogP contribution in [0.25, 0.3) is 0 Å². The van der Waals surface area contributed by atoms with Crippen LogP contribution in [0.4, 0.5) is 18.0 Å². The smallest absolute Gasteiger partial charge is 0.406 e. The van der Waals surface area contributed by atoms with E-state index in [9.17, 15) is 22.8 Å². The molecule has 1 aliphatic carbocycles.